The Bertz CT molecular complexity index is 798. The molecule has 29 heavy (non-hydrogen) atoms. The van der Waals surface area contributed by atoms with E-state index in [2.05, 4.69) is 18.0 Å². The molecule has 0 aromatic rings. The maximum absolute atomic E-state index is 13.1. The van der Waals surface area contributed by atoms with Crippen LogP contribution in [-0.2, 0) is 55.7 Å². The van der Waals surface area contributed by atoms with Crippen LogP contribution in [0.1, 0.15) is 6.42 Å². The zero-order valence-corrected chi connectivity index (χ0v) is 19.7. The minimum atomic E-state index is -4.45. The van der Waals surface area contributed by atoms with Gasteiger partial charge >= 0.3 is 21.5 Å². The molecule has 0 rings (SSSR count). The number of carbonyl (C=O) groups excluding carboxylic acids is 1. The van der Waals surface area contributed by atoms with Gasteiger partial charge in [0.2, 0.25) is 7.37 Å². The second-order valence-electron chi connectivity index (χ2n) is 5.56. The van der Waals surface area contributed by atoms with E-state index in [4.69, 9.17) is 4.52 Å². The van der Waals surface area contributed by atoms with Crippen LogP contribution in [0.2, 0.25) is 0 Å². The maximum atomic E-state index is 13.1. The van der Waals surface area contributed by atoms with Crippen molar-refractivity contribution < 1.29 is 58.9 Å². The fraction of sp³-hybridized carbons (Fsp3) is 0.833. The first kappa shape index (κ1) is 28.6. The van der Waals surface area contributed by atoms with E-state index >= 15 is 0 Å². The van der Waals surface area contributed by atoms with Crippen LogP contribution in [0.15, 0.2) is 0 Å². The second kappa shape index (κ2) is 12.4. The van der Waals surface area contributed by atoms with Gasteiger partial charge in [-0.15, -0.1) is 0 Å². The zero-order chi connectivity index (χ0) is 22.9. The van der Waals surface area contributed by atoms with Crippen LogP contribution in [0.4, 0.5) is 0 Å². The second-order valence-corrected chi connectivity index (χ2v) is 12.9. The third-order valence-electron chi connectivity index (χ3n) is 3.77. The highest BCUT2D eigenvalue weighted by Crippen LogP contribution is 2.57. The maximum Gasteiger partial charge on any atom is 0.468 e. The van der Waals surface area contributed by atoms with Gasteiger partial charge in [0, 0.05) is 26.5 Å². The van der Waals surface area contributed by atoms with E-state index in [-0.39, 0.29) is 0 Å². The van der Waals surface area contributed by atoms with Gasteiger partial charge < -0.3 is 18.7 Å². The molecular weight excluding hydrogens is 477 g/mol. The van der Waals surface area contributed by atoms with Gasteiger partial charge in [0.25, 0.3) is 10.1 Å². The molecule has 0 amide bonds. The summed E-state index contributed by atoms with van der Waals surface area (Å²) in [5.74, 6) is -1.48. The Kier molecular flexibility index (Phi) is 12.3. The number of esters is 1. The highest BCUT2D eigenvalue weighted by Gasteiger charge is 2.41. The van der Waals surface area contributed by atoms with E-state index in [9.17, 15) is 36.4 Å². The molecule has 0 saturated heterocycles. The lowest BCUT2D eigenvalue weighted by atomic mass is 10.1. The predicted octanol–water partition coefficient (Wildman–Crippen LogP) is 1.53. The summed E-state index contributed by atoms with van der Waals surface area (Å²) in [6.45, 7) is -0.819. The Hall–Kier alpha value is -0.420. The molecule has 13 nitrogen and oxygen atoms in total. The molecular formula is C12H24O13P3S. The minimum Gasteiger partial charge on any atom is -0.469 e. The fourth-order valence-electron chi connectivity index (χ4n) is 2.14. The van der Waals surface area contributed by atoms with Gasteiger partial charge in [-0.05, 0) is 6.42 Å². The molecule has 0 spiro atoms. The van der Waals surface area contributed by atoms with Crippen molar-refractivity contribution in [3.05, 3.63) is 5.75 Å². The Labute approximate surface area is 169 Å². The Morgan fingerprint density at radius 3 is 2.10 bits per heavy atom. The summed E-state index contributed by atoms with van der Waals surface area (Å²) in [5, 5.41) is 0. The molecule has 0 aromatic heterocycles. The lowest BCUT2D eigenvalue weighted by Gasteiger charge is -2.26. The summed E-state index contributed by atoms with van der Waals surface area (Å²) in [7, 11) is -11.9. The van der Waals surface area contributed by atoms with Crippen LogP contribution in [0.25, 0.3) is 0 Å². The Morgan fingerprint density at radius 1 is 1.10 bits per heavy atom. The van der Waals surface area contributed by atoms with Gasteiger partial charge in [-0.25, -0.2) is 9.13 Å². The van der Waals surface area contributed by atoms with Crippen molar-refractivity contribution in [1.82, 2.24) is 0 Å². The van der Waals surface area contributed by atoms with Gasteiger partial charge in [0.1, 0.15) is 5.75 Å². The first-order chi connectivity index (χ1) is 13.3. The molecule has 0 aliphatic carbocycles. The van der Waals surface area contributed by atoms with Gasteiger partial charge in [0.15, 0.2) is 0 Å². The summed E-state index contributed by atoms with van der Waals surface area (Å²) in [6, 6.07) is 0. The first-order valence-electron chi connectivity index (χ1n) is 7.76. The van der Waals surface area contributed by atoms with E-state index < -0.39 is 75.9 Å². The van der Waals surface area contributed by atoms with Crippen molar-refractivity contribution in [2.75, 3.05) is 47.4 Å². The molecule has 0 aliphatic heterocycles. The van der Waals surface area contributed by atoms with E-state index in [1.54, 1.807) is 0 Å². The largest absolute Gasteiger partial charge is 0.469 e. The summed E-state index contributed by atoms with van der Waals surface area (Å²) >= 11 is 0. The average Bonchev–Trinajstić information content (AvgIpc) is 2.67. The SMILES string of the molecule is COC(=O)C(C[CH]S(=O)(=O)OC)CP(=O)(CC(COP(=O)=O)P(=O)(O)OC)OC. The number of hydrogen-bond donors (Lipinski definition) is 1. The Morgan fingerprint density at radius 2 is 1.69 bits per heavy atom. The Balaban J connectivity index is 5.64. The number of ether oxygens (including phenoxy) is 1. The minimum absolute atomic E-state index is 0.440. The van der Waals surface area contributed by atoms with Crippen LogP contribution in [-0.4, -0.2) is 72.3 Å². The summed E-state index contributed by atoms with van der Waals surface area (Å²) in [4.78, 5) is 21.8. The molecule has 4 unspecified atom stereocenters. The van der Waals surface area contributed by atoms with Crippen molar-refractivity contribution in [2.24, 2.45) is 5.92 Å². The van der Waals surface area contributed by atoms with Crippen LogP contribution < -0.4 is 0 Å². The summed E-state index contributed by atoms with van der Waals surface area (Å²) in [6.07, 6.45) is -1.68. The molecule has 4 atom stereocenters. The van der Waals surface area contributed by atoms with E-state index in [0.717, 1.165) is 28.4 Å². The van der Waals surface area contributed by atoms with Crippen LogP contribution in [0.5, 0.6) is 0 Å². The number of rotatable bonds is 15. The van der Waals surface area contributed by atoms with Gasteiger partial charge in [-0.3, -0.25) is 22.6 Å². The smallest absolute Gasteiger partial charge is 0.468 e. The zero-order valence-electron chi connectivity index (χ0n) is 16.2. The average molecular weight is 501 g/mol. The molecule has 0 bridgehead atoms. The first-order valence-corrected chi connectivity index (χ1v) is 14.0. The molecule has 171 valence electrons. The number of methoxy groups -OCH3 is 1. The van der Waals surface area contributed by atoms with Gasteiger partial charge in [-0.1, -0.05) is 0 Å². The quantitative estimate of drug-likeness (QED) is 0.194. The molecule has 0 aliphatic rings. The van der Waals surface area contributed by atoms with Crippen LogP contribution >= 0.6 is 22.9 Å². The van der Waals surface area contributed by atoms with E-state index in [1.165, 1.54) is 0 Å². The molecule has 1 radical (unpaired) electrons. The fourth-order valence-corrected chi connectivity index (χ4v) is 7.46. The lowest BCUT2D eigenvalue weighted by Crippen LogP contribution is -2.26. The van der Waals surface area contributed by atoms with E-state index in [0.29, 0.717) is 5.75 Å². The van der Waals surface area contributed by atoms with Crippen molar-refractivity contribution in [3.63, 3.8) is 0 Å². The highest BCUT2D eigenvalue weighted by molar-refractivity contribution is 7.88. The lowest BCUT2D eigenvalue weighted by molar-refractivity contribution is -0.144. The normalized spacial score (nSPS) is 18.2. The number of hydrogen-bond acceptors (Lipinski definition) is 12. The highest BCUT2D eigenvalue weighted by atomic mass is 32.2. The molecule has 0 fully saturated rings. The molecule has 17 heteroatoms. The van der Waals surface area contributed by atoms with Crippen molar-refractivity contribution >= 4 is 39.0 Å². The summed E-state index contributed by atoms with van der Waals surface area (Å²) < 4.78 is 92.0. The van der Waals surface area contributed by atoms with Crippen LogP contribution in [0.3, 0.4) is 0 Å². The monoisotopic (exact) mass is 501 g/mol. The predicted molar refractivity (Wildman–Crippen MR) is 99.6 cm³/mol. The molecule has 1 N–H and O–H groups in total. The third-order valence-corrected chi connectivity index (χ3v) is 9.92. The van der Waals surface area contributed by atoms with Crippen molar-refractivity contribution in [2.45, 2.75) is 12.1 Å². The van der Waals surface area contributed by atoms with Gasteiger partial charge in [0.05, 0.1) is 32.4 Å². The van der Waals surface area contributed by atoms with E-state index in [1.807, 2.05) is 0 Å². The third kappa shape index (κ3) is 10.4. The van der Waals surface area contributed by atoms with Crippen LogP contribution in [0, 0.1) is 11.7 Å². The topological polar surface area (TPSA) is 186 Å². The standard InChI is InChI=1S/C12H24O13P3S/c1-21-12(13)10(5-6-29(19,20)24-4)8-27(16,22-2)9-11(7-25-26(14)15)28(17,18)23-3/h6,10-11H,5,7-9H2,1-4H3,(H,17,18). The van der Waals surface area contributed by atoms with Gasteiger partial charge in [-0.2, -0.15) is 8.42 Å². The molecule has 0 heterocycles. The number of carbonyl (C=O) groups is 1. The molecule has 0 saturated carbocycles. The van der Waals surface area contributed by atoms with Crippen molar-refractivity contribution in [1.29, 1.82) is 0 Å². The molecule has 0 aromatic carbocycles. The summed E-state index contributed by atoms with van der Waals surface area (Å²) in [5.41, 5.74) is -1.56. The van der Waals surface area contributed by atoms with Crippen molar-refractivity contribution in [3.8, 4) is 0 Å².